The van der Waals surface area contributed by atoms with Gasteiger partial charge in [-0.3, -0.25) is 14.4 Å². The van der Waals surface area contributed by atoms with Crippen molar-refractivity contribution in [2.75, 3.05) is 30.9 Å². The van der Waals surface area contributed by atoms with Crippen molar-refractivity contribution in [3.05, 3.63) is 0 Å². The molecule has 12 heteroatoms. The Bertz CT molecular complexity index is 479. The maximum Gasteiger partial charge on any atom is 0.326 e. The first-order valence-corrected chi connectivity index (χ1v) is 9.36. The molecular weight excluding hydrogens is 372 g/mol. The number of nitrogens with two attached hydrogens (primary N) is 1. The maximum absolute atomic E-state index is 12.2. The highest BCUT2D eigenvalue weighted by molar-refractivity contribution is 7.98. The Labute approximate surface area is 155 Å². The van der Waals surface area contributed by atoms with Crippen LogP contribution in [0.1, 0.15) is 6.42 Å². The highest BCUT2D eigenvalue weighted by Crippen LogP contribution is 2.02. The number of carboxylic acids is 1. The van der Waals surface area contributed by atoms with Crippen molar-refractivity contribution in [2.24, 2.45) is 5.73 Å². The van der Waals surface area contributed by atoms with Crippen LogP contribution in [-0.2, 0) is 19.2 Å². The summed E-state index contributed by atoms with van der Waals surface area (Å²) in [4.78, 5) is 46.6. The molecule has 3 atom stereocenters. The lowest BCUT2D eigenvalue weighted by Crippen LogP contribution is -2.57. The van der Waals surface area contributed by atoms with E-state index in [0.717, 1.165) is 0 Å². The molecule has 0 aliphatic heterocycles. The number of aliphatic hydroxyl groups is 1. The van der Waals surface area contributed by atoms with E-state index in [2.05, 4.69) is 28.6 Å². The lowest BCUT2D eigenvalue weighted by atomic mass is 10.2. The molecule has 144 valence electrons. The van der Waals surface area contributed by atoms with Gasteiger partial charge in [0.1, 0.15) is 18.1 Å². The Morgan fingerprint density at radius 2 is 1.64 bits per heavy atom. The molecule has 0 aliphatic carbocycles. The third-order valence-electron chi connectivity index (χ3n) is 3.06. The van der Waals surface area contributed by atoms with Gasteiger partial charge in [0, 0.05) is 5.75 Å². The van der Waals surface area contributed by atoms with Gasteiger partial charge in [-0.25, -0.2) is 4.79 Å². The first-order chi connectivity index (χ1) is 11.8. The van der Waals surface area contributed by atoms with Gasteiger partial charge in [0.2, 0.25) is 17.7 Å². The van der Waals surface area contributed by atoms with Gasteiger partial charge in [0.25, 0.3) is 0 Å². The number of carboxylic acid groups (broad SMARTS) is 1. The lowest BCUT2D eigenvalue weighted by molar-refractivity contribution is -0.142. The van der Waals surface area contributed by atoms with Gasteiger partial charge in [0.15, 0.2) is 0 Å². The van der Waals surface area contributed by atoms with E-state index in [1.165, 1.54) is 11.8 Å². The second kappa shape index (κ2) is 12.8. The number of nitrogens with one attached hydrogen (secondary N) is 3. The molecule has 0 aromatic rings. The van der Waals surface area contributed by atoms with Crippen LogP contribution >= 0.6 is 24.4 Å². The zero-order valence-electron chi connectivity index (χ0n) is 13.7. The Hall–Kier alpha value is -1.50. The second-order valence-electron chi connectivity index (χ2n) is 4.93. The van der Waals surface area contributed by atoms with Crippen LogP contribution in [0.15, 0.2) is 0 Å². The molecule has 0 saturated heterocycles. The molecule has 0 aromatic carbocycles. The number of aliphatic carboxylic acids is 1. The van der Waals surface area contributed by atoms with Crippen LogP contribution in [-0.4, -0.2) is 82.9 Å². The van der Waals surface area contributed by atoms with E-state index < -0.39 is 48.4 Å². The minimum Gasteiger partial charge on any atom is -0.480 e. The van der Waals surface area contributed by atoms with Crippen molar-refractivity contribution in [1.29, 1.82) is 0 Å². The number of rotatable bonds is 12. The summed E-state index contributed by atoms with van der Waals surface area (Å²) < 4.78 is 0. The van der Waals surface area contributed by atoms with E-state index in [9.17, 15) is 19.2 Å². The molecule has 0 saturated carbocycles. The third-order valence-corrected chi connectivity index (χ3v) is 4.07. The highest BCUT2D eigenvalue weighted by Gasteiger charge is 2.28. The fraction of sp³-hybridized carbons (Fsp3) is 0.692. The number of hydrogen-bond donors (Lipinski definition) is 7. The average molecular weight is 396 g/mol. The molecule has 7 N–H and O–H groups in total. The van der Waals surface area contributed by atoms with Crippen molar-refractivity contribution in [2.45, 2.75) is 24.5 Å². The molecular formula is C13H24N4O6S2. The van der Waals surface area contributed by atoms with Crippen molar-refractivity contribution in [1.82, 2.24) is 16.0 Å². The molecule has 10 nitrogen and oxygen atoms in total. The van der Waals surface area contributed by atoms with Crippen LogP contribution < -0.4 is 21.7 Å². The summed E-state index contributed by atoms with van der Waals surface area (Å²) >= 11 is 5.40. The van der Waals surface area contributed by atoms with Crippen molar-refractivity contribution < 1.29 is 29.4 Å². The van der Waals surface area contributed by atoms with Gasteiger partial charge in [-0.15, -0.1) is 0 Å². The monoisotopic (exact) mass is 396 g/mol. The molecule has 0 rings (SSSR count). The fourth-order valence-electron chi connectivity index (χ4n) is 1.68. The first-order valence-electron chi connectivity index (χ1n) is 7.34. The Balaban J connectivity index is 4.83. The lowest BCUT2D eigenvalue weighted by Gasteiger charge is -2.22. The largest absolute Gasteiger partial charge is 0.480 e. The van der Waals surface area contributed by atoms with Gasteiger partial charge in [-0.05, 0) is 18.4 Å². The Morgan fingerprint density at radius 3 is 2.08 bits per heavy atom. The topological polar surface area (TPSA) is 171 Å². The molecule has 25 heavy (non-hydrogen) atoms. The van der Waals surface area contributed by atoms with Gasteiger partial charge >= 0.3 is 5.97 Å². The normalized spacial score (nSPS) is 14.1. The number of hydrogen-bond acceptors (Lipinski definition) is 8. The molecule has 0 fully saturated rings. The van der Waals surface area contributed by atoms with E-state index in [0.29, 0.717) is 5.75 Å². The van der Waals surface area contributed by atoms with Gasteiger partial charge in [0.05, 0.1) is 13.2 Å². The van der Waals surface area contributed by atoms with Gasteiger partial charge < -0.3 is 31.9 Å². The quantitative estimate of drug-likeness (QED) is 0.173. The number of carbonyl (C=O) groups is 4. The smallest absolute Gasteiger partial charge is 0.326 e. The summed E-state index contributed by atoms with van der Waals surface area (Å²) in [6.45, 7) is -1.06. The second-order valence-corrected chi connectivity index (χ2v) is 6.28. The van der Waals surface area contributed by atoms with Crippen LogP contribution in [0.4, 0.5) is 0 Å². The minimum absolute atomic E-state index is 0.102. The van der Waals surface area contributed by atoms with Crippen LogP contribution in [0.25, 0.3) is 0 Å². The maximum atomic E-state index is 12.2. The highest BCUT2D eigenvalue weighted by atomic mass is 32.2. The summed E-state index contributed by atoms with van der Waals surface area (Å²) in [7, 11) is 0. The summed E-state index contributed by atoms with van der Waals surface area (Å²) in [6.07, 6.45) is 2.03. The van der Waals surface area contributed by atoms with E-state index in [-0.39, 0.29) is 18.7 Å². The molecule has 0 bridgehead atoms. The van der Waals surface area contributed by atoms with E-state index in [4.69, 9.17) is 15.9 Å². The predicted octanol–water partition coefficient (Wildman–Crippen LogP) is -2.84. The number of thiol groups is 1. The molecule has 3 amide bonds. The number of aliphatic hydroxyl groups excluding tert-OH is 1. The van der Waals surface area contributed by atoms with Crippen molar-refractivity contribution in [3.63, 3.8) is 0 Å². The van der Waals surface area contributed by atoms with Gasteiger partial charge in [-0.2, -0.15) is 24.4 Å². The van der Waals surface area contributed by atoms with Crippen LogP contribution in [0.3, 0.4) is 0 Å². The molecule has 0 aromatic heterocycles. The first kappa shape index (κ1) is 23.5. The number of amides is 3. The predicted molar refractivity (Wildman–Crippen MR) is 96.4 cm³/mol. The van der Waals surface area contributed by atoms with Crippen LogP contribution in [0, 0.1) is 0 Å². The van der Waals surface area contributed by atoms with E-state index in [1.807, 2.05) is 6.26 Å². The van der Waals surface area contributed by atoms with Crippen LogP contribution in [0.2, 0.25) is 0 Å². The SMILES string of the molecule is CSCCC(NC(=O)C(CS)NC(=O)C(CO)NC(=O)CN)C(=O)O. The van der Waals surface area contributed by atoms with Crippen LogP contribution in [0.5, 0.6) is 0 Å². The van der Waals surface area contributed by atoms with Crippen molar-refractivity contribution in [3.8, 4) is 0 Å². The molecule has 0 aliphatic rings. The molecule has 0 spiro atoms. The summed E-state index contributed by atoms with van der Waals surface area (Å²) in [5, 5.41) is 25.1. The molecule has 0 heterocycles. The Morgan fingerprint density at radius 1 is 1.08 bits per heavy atom. The molecule has 3 unspecified atom stereocenters. The number of carbonyl (C=O) groups excluding carboxylic acids is 3. The summed E-state index contributed by atoms with van der Waals surface area (Å²) in [5.41, 5.74) is 5.11. The van der Waals surface area contributed by atoms with E-state index in [1.54, 1.807) is 0 Å². The summed E-state index contributed by atoms with van der Waals surface area (Å²) in [5.74, 6) is -2.94. The number of thioether (sulfide) groups is 1. The Kier molecular flexibility index (Phi) is 12.0. The zero-order chi connectivity index (χ0) is 19.4. The summed E-state index contributed by atoms with van der Waals surface area (Å²) in [6, 6.07) is -3.50. The standard InChI is InChI=1S/C13H24N4O6S2/c1-25-3-2-7(13(22)23)16-12(21)9(6-24)17-11(20)8(5-18)15-10(19)4-14/h7-9,18,24H,2-6,14H2,1H3,(H,15,19)(H,16,21)(H,17,20)(H,22,23). The minimum atomic E-state index is -1.28. The third kappa shape index (κ3) is 8.95. The van der Waals surface area contributed by atoms with Crippen molar-refractivity contribution >= 4 is 48.1 Å². The van der Waals surface area contributed by atoms with E-state index >= 15 is 0 Å². The zero-order valence-corrected chi connectivity index (χ0v) is 15.4. The fourth-order valence-corrected chi connectivity index (χ4v) is 2.41. The van der Waals surface area contributed by atoms with Gasteiger partial charge in [-0.1, -0.05) is 0 Å². The molecule has 0 radical (unpaired) electrons. The average Bonchev–Trinajstić information content (AvgIpc) is 2.59.